The third-order valence-corrected chi connectivity index (χ3v) is 5.75. The number of halogens is 3. The van der Waals surface area contributed by atoms with Gasteiger partial charge >= 0.3 is 6.18 Å². The molecule has 0 unspecified atom stereocenters. The lowest BCUT2D eigenvalue weighted by atomic mass is 10.1. The normalized spacial score (nSPS) is 12.3. The van der Waals surface area contributed by atoms with E-state index in [0.29, 0.717) is 17.9 Å². The molecular formula is C24H18F3N3O2S. The molecule has 5 nitrogen and oxygen atoms in total. The first-order valence-electron chi connectivity index (χ1n) is 9.94. The Kier molecular flexibility index (Phi) is 6.79. The smallest absolute Gasteiger partial charge is 0.416 e. The Labute approximate surface area is 192 Å². The maximum atomic E-state index is 13.1. The van der Waals surface area contributed by atoms with Gasteiger partial charge in [-0.2, -0.15) is 13.2 Å². The van der Waals surface area contributed by atoms with Gasteiger partial charge in [-0.3, -0.25) is 4.79 Å². The van der Waals surface area contributed by atoms with Crippen molar-refractivity contribution in [3.8, 4) is 0 Å². The topological polar surface area (TPSA) is 68.0 Å². The number of anilines is 1. The molecule has 1 heterocycles. The molecule has 0 saturated heterocycles. The van der Waals surface area contributed by atoms with E-state index < -0.39 is 22.9 Å². The summed E-state index contributed by atoms with van der Waals surface area (Å²) in [4.78, 5) is 13.1. The van der Waals surface area contributed by atoms with E-state index in [4.69, 9.17) is 4.42 Å². The molecule has 3 aromatic carbocycles. The predicted molar refractivity (Wildman–Crippen MR) is 119 cm³/mol. The summed E-state index contributed by atoms with van der Waals surface area (Å²) in [5.74, 6) is -0.109. The Morgan fingerprint density at radius 1 is 0.939 bits per heavy atom. The van der Waals surface area contributed by atoms with Crippen LogP contribution in [0.15, 0.2) is 94.6 Å². The fourth-order valence-electron chi connectivity index (χ4n) is 3.11. The first kappa shape index (κ1) is 22.6. The van der Waals surface area contributed by atoms with Gasteiger partial charge in [0.15, 0.2) is 0 Å². The van der Waals surface area contributed by atoms with Crippen LogP contribution in [0, 0.1) is 0 Å². The van der Waals surface area contributed by atoms with Crippen molar-refractivity contribution in [2.24, 2.45) is 0 Å². The summed E-state index contributed by atoms with van der Waals surface area (Å²) in [6, 6.07) is 23.0. The molecule has 0 bridgehead atoms. The highest BCUT2D eigenvalue weighted by Gasteiger charge is 2.31. The van der Waals surface area contributed by atoms with Crippen LogP contribution in [-0.2, 0) is 17.4 Å². The van der Waals surface area contributed by atoms with Gasteiger partial charge in [0.1, 0.15) is 5.25 Å². The minimum absolute atomic E-state index is 0.0478. The maximum Gasteiger partial charge on any atom is 0.416 e. The molecule has 1 amide bonds. The Hall–Kier alpha value is -3.59. The highest BCUT2D eigenvalue weighted by molar-refractivity contribution is 8.00. The van der Waals surface area contributed by atoms with Crippen LogP contribution in [0.4, 0.5) is 18.9 Å². The predicted octanol–water partition coefficient (Wildman–Crippen LogP) is 6.15. The minimum atomic E-state index is -4.51. The second-order valence-corrected chi connectivity index (χ2v) is 8.16. The summed E-state index contributed by atoms with van der Waals surface area (Å²) in [7, 11) is 0. The highest BCUT2D eigenvalue weighted by Crippen LogP contribution is 2.36. The van der Waals surface area contributed by atoms with Gasteiger partial charge in [-0.25, -0.2) is 0 Å². The number of carbonyl (C=O) groups excluding carboxylic acids is 1. The van der Waals surface area contributed by atoms with Crippen molar-refractivity contribution >= 4 is 23.4 Å². The van der Waals surface area contributed by atoms with Crippen LogP contribution in [0.1, 0.15) is 27.8 Å². The van der Waals surface area contributed by atoms with E-state index in [2.05, 4.69) is 15.5 Å². The zero-order valence-corrected chi connectivity index (χ0v) is 17.9. The number of rotatable bonds is 7. The van der Waals surface area contributed by atoms with Gasteiger partial charge in [0, 0.05) is 5.69 Å². The van der Waals surface area contributed by atoms with Gasteiger partial charge in [-0.15, -0.1) is 10.2 Å². The maximum absolute atomic E-state index is 13.1. The number of hydrogen-bond acceptors (Lipinski definition) is 5. The molecule has 0 aliphatic heterocycles. The number of carbonyl (C=O) groups is 1. The largest absolute Gasteiger partial charge is 0.416 e. The molecule has 4 aromatic rings. The van der Waals surface area contributed by atoms with Crippen LogP contribution >= 0.6 is 11.8 Å². The molecule has 168 valence electrons. The van der Waals surface area contributed by atoms with Crippen molar-refractivity contribution in [3.63, 3.8) is 0 Å². The van der Waals surface area contributed by atoms with Gasteiger partial charge < -0.3 is 9.73 Å². The number of hydrogen-bond donors (Lipinski definition) is 1. The van der Waals surface area contributed by atoms with Crippen LogP contribution in [0.2, 0.25) is 0 Å². The van der Waals surface area contributed by atoms with E-state index in [9.17, 15) is 18.0 Å². The molecule has 1 aromatic heterocycles. The Morgan fingerprint density at radius 3 is 2.33 bits per heavy atom. The minimum Gasteiger partial charge on any atom is -0.416 e. The standard InChI is InChI=1S/C24H18F3N3O2S/c25-24(26,27)18-12-7-13-19(15-18)28-22(31)21(17-10-5-2-6-11-17)33-23-30-29-20(32-23)14-16-8-3-1-4-9-16/h1-13,15,21H,14H2,(H,28,31)/t21-/m1/s1. The van der Waals surface area contributed by atoms with Crippen LogP contribution < -0.4 is 5.32 Å². The number of benzene rings is 3. The Morgan fingerprint density at radius 2 is 1.64 bits per heavy atom. The van der Waals surface area contributed by atoms with Crippen LogP contribution in [0.5, 0.6) is 0 Å². The number of thioether (sulfide) groups is 1. The fourth-order valence-corrected chi connectivity index (χ4v) is 4.00. The average molecular weight is 469 g/mol. The number of amides is 1. The zero-order valence-electron chi connectivity index (χ0n) is 17.1. The van der Waals surface area contributed by atoms with Gasteiger partial charge in [0.05, 0.1) is 12.0 Å². The quantitative estimate of drug-likeness (QED) is 0.329. The first-order chi connectivity index (χ1) is 15.9. The fraction of sp³-hybridized carbons (Fsp3) is 0.125. The summed E-state index contributed by atoms with van der Waals surface area (Å²) < 4.78 is 44.8. The lowest BCUT2D eigenvalue weighted by Gasteiger charge is -2.16. The SMILES string of the molecule is O=C(Nc1cccc(C(F)(F)F)c1)[C@H](Sc1nnc(Cc2ccccc2)o1)c1ccccc1. The summed E-state index contributed by atoms with van der Waals surface area (Å²) in [5, 5.41) is 10.0. The molecule has 4 rings (SSSR count). The summed E-state index contributed by atoms with van der Waals surface area (Å²) in [6.07, 6.45) is -4.06. The van der Waals surface area contributed by atoms with Crippen LogP contribution in [-0.4, -0.2) is 16.1 Å². The lowest BCUT2D eigenvalue weighted by Crippen LogP contribution is -2.19. The lowest BCUT2D eigenvalue weighted by molar-refractivity contribution is -0.137. The molecule has 33 heavy (non-hydrogen) atoms. The molecule has 0 aliphatic carbocycles. The van der Waals surface area contributed by atoms with Gasteiger partial charge in [0.25, 0.3) is 5.22 Å². The summed E-state index contributed by atoms with van der Waals surface area (Å²) >= 11 is 1.04. The van der Waals surface area contributed by atoms with E-state index in [1.807, 2.05) is 30.3 Å². The third-order valence-electron chi connectivity index (χ3n) is 4.66. The Bertz CT molecular complexity index is 1210. The molecule has 0 saturated carbocycles. The molecule has 0 fully saturated rings. The van der Waals surface area contributed by atoms with Crippen molar-refractivity contribution in [1.29, 1.82) is 0 Å². The van der Waals surface area contributed by atoms with Crippen molar-refractivity contribution in [2.45, 2.75) is 23.1 Å². The van der Waals surface area contributed by atoms with E-state index >= 15 is 0 Å². The van der Waals surface area contributed by atoms with Gasteiger partial charge in [-0.1, -0.05) is 66.7 Å². The molecule has 0 spiro atoms. The number of aromatic nitrogens is 2. The molecule has 1 N–H and O–H groups in total. The number of nitrogens with zero attached hydrogens (tertiary/aromatic N) is 2. The molecular weight excluding hydrogens is 451 g/mol. The van der Waals surface area contributed by atoms with Crippen molar-refractivity contribution in [3.05, 3.63) is 108 Å². The summed E-state index contributed by atoms with van der Waals surface area (Å²) in [6.45, 7) is 0. The van der Waals surface area contributed by atoms with E-state index in [-0.39, 0.29) is 10.9 Å². The van der Waals surface area contributed by atoms with Gasteiger partial charge in [-0.05, 0) is 41.1 Å². The average Bonchev–Trinajstić information content (AvgIpc) is 3.25. The highest BCUT2D eigenvalue weighted by atomic mass is 32.2. The second-order valence-electron chi connectivity index (χ2n) is 7.10. The monoisotopic (exact) mass is 469 g/mol. The van der Waals surface area contributed by atoms with E-state index in [1.54, 1.807) is 30.3 Å². The van der Waals surface area contributed by atoms with Crippen molar-refractivity contribution in [2.75, 3.05) is 5.32 Å². The van der Waals surface area contributed by atoms with Crippen molar-refractivity contribution in [1.82, 2.24) is 10.2 Å². The molecule has 9 heteroatoms. The number of alkyl halides is 3. The second kappa shape index (κ2) is 9.91. The van der Waals surface area contributed by atoms with Gasteiger partial charge in [0.2, 0.25) is 11.8 Å². The van der Waals surface area contributed by atoms with E-state index in [0.717, 1.165) is 29.5 Å². The van der Waals surface area contributed by atoms with Crippen LogP contribution in [0.25, 0.3) is 0 Å². The molecule has 0 radical (unpaired) electrons. The van der Waals surface area contributed by atoms with Crippen LogP contribution in [0.3, 0.4) is 0 Å². The zero-order chi connectivity index (χ0) is 23.3. The third kappa shape index (κ3) is 6.01. The summed E-state index contributed by atoms with van der Waals surface area (Å²) in [5.41, 5.74) is 0.854. The number of nitrogens with one attached hydrogen (secondary N) is 1. The van der Waals surface area contributed by atoms with E-state index in [1.165, 1.54) is 12.1 Å². The molecule has 1 atom stereocenters. The molecule has 0 aliphatic rings. The van der Waals surface area contributed by atoms with Crippen molar-refractivity contribution < 1.29 is 22.4 Å². The Balaban J connectivity index is 1.53. The first-order valence-corrected chi connectivity index (χ1v) is 10.8.